The number of terminal acetylenes is 1. The van der Waals surface area contributed by atoms with E-state index < -0.39 is 10.0 Å². The molecular formula is C29H25N7O3S. The van der Waals surface area contributed by atoms with E-state index in [0.29, 0.717) is 29.8 Å². The molecule has 3 N–H and O–H groups in total. The van der Waals surface area contributed by atoms with Crippen LogP contribution in [0.5, 0.6) is 11.6 Å². The molecule has 0 amide bonds. The predicted molar refractivity (Wildman–Crippen MR) is 152 cm³/mol. The van der Waals surface area contributed by atoms with Crippen LogP contribution in [0.3, 0.4) is 0 Å². The van der Waals surface area contributed by atoms with Gasteiger partial charge in [0.1, 0.15) is 11.4 Å². The Kier molecular flexibility index (Phi) is 7.29. The van der Waals surface area contributed by atoms with Gasteiger partial charge in [-0.3, -0.25) is 0 Å². The van der Waals surface area contributed by atoms with Crippen molar-refractivity contribution in [2.45, 2.75) is 25.3 Å². The number of aryl methyl sites for hydroxylation is 2. The number of sulfonamides is 1. The summed E-state index contributed by atoms with van der Waals surface area (Å²) in [5.74, 6) is 4.07. The van der Waals surface area contributed by atoms with E-state index in [9.17, 15) is 8.42 Å². The topological polar surface area (TPSA) is 138 Å². The molecular weight excluding hydrogens is 526 g/mol. The van der Waals surface area contributed by atoms with Crippen molar-refractivity contribution >= 4 is 21.7 Å². The van der Waals surface area contributed by atoms with Crippen molar-refractivity contribution < 1.29 is 13.2 Å². The fourth-order valence-corrected chi connectivity index (χ4v) is 4.60. The Bertz CT molecular complexity index is 1800. The lowest BCUT2D eigenvalue weighted by atomic mass is 10.0. The van der Waals surface area contributed by atoms with E-state index in [0.717, 1.165) is 33.5 Å². The van der Waals surface area contributed by atoms with Crippen LogP contribution in [0.25, 0.3) is 11.3 Å². The quantitative estimate of drug-likeness (QED) is 0.268. The molecule has 5 aromatic rings. The summed E-state index contributed by atoms with van der Waals surface area (Å²) < 4.78 is 30.8. The minimum atomic E-state index is -3.73. The van der Waals surface area contributed by atoms with E-state index in [4.69, 9.17) is 16.3 Å². The van der Waals surface area contributed by atoms with Gasteiger partial charge in [0, 0.05) is 29.1 Å². The highest BCUT2D eigenvalue weighted by molar-refractivity contribution is 7.89. The molecule has 2 aromatic heterocycles. The van der Waals surface area contributed by atoms with Crippen LogP contribution in [0.1, 0.15) is 22.3 Å². The third-order valence-electron chi connectivity index (χ3n) is 6.04. The van der Waals surface area contributed by atoms with Gasteiger partial charge >= 0.3 is 0 Å². The molecule has 0 saturated carbocycles. The second-order valence-corrected chi connectivity index (χ2v) is 10.7. The van der Waals surface area contributed by atoms with Gasteiger partial charge in [0.2, 0.25) is 21.9 Å². The van der Waals surface area contributed by atoms with E-state index in [1.165, 1.54) is 12.1 Å². The first-order valence-corrected chi connectivity index (χ1v) is 13.7. The van der Waals surface area contributed by atoms with E-state index in [2.05, 4.69) is 31.5 Å². The standard InChI is InChI=1S/C29H25N7O3S/c1-4-21-5-9-24(10-6-21)32-29-31-14-13-27(33-29)39-28-19(2)15-23(16-20(28)3)26-18-36(35-34-26)17-22-7-11-25(12-8-22)40(30,37)38/h1,5-16,18H,17H2,2-3H3,(H2,30,37,38)(H,31,32,33). The van der Waals surface area contributed by atoms with Gasteiger partial charge < -0.3 is 10.1 Å². The SMILES string of the molecule is C#Cc1ccc(Nc2nccc(Oc3c(C)cc(-c4cn(Cc5ccc(S(N)(=O)=O)cc5)nn4)cc3C)n2)cc1. The molecule has 2 heterocycles. The van der Waals surface area contributed by atoms with Gasteiger partial charge in [-0.15, -0.1) is 11.5 Å². The van der Waals surface area contributed by atoms with Gasteiger partial charge in [-0.25, -0.2) is 23.2 Å². The van der Waals surface area contributed by atoms with Gasteiger partial charge in [-0.1, -0.05) is 23.3 Å². The highest BCUT2D eigenvalue weighted by atomic mass is 32.2. The molecule has 200 valence electrons. The normalized spacial score (nSPS) is 11.2. The van der Waals surface area contributed by atoms with Crippen molar-refractivity contribution in [3.8, 4) is 35.2 Å². The van der Waals surface area contributed by atoms with Crippen LogP contribution in [0.15, 0.2) is 84.0 Å². The molecule has 0 unspecified atom stereocenters. The van der Waals surface area contributed by atoms with E-state index in [1.54, 1.807) is 29.1 Å². The highest BCUT2D eigenvalue weighted by Gasteiger charge is 2.13. The number of aromatic nitrogens is 5. The Morgan fingerprint density at radius 1 is 1.02 bits per heavy atom. The molecule has 0 atom stereocenters. The summed E-state index contributed by atoms with van der Waals surface area (Å²) in [4.78, 5) is 8.82. The number of primary sulfonamides is 1. The fourth-order valence-electron chi connectivity index (χ4n) is 4.08. The summed E-state index contributed by atoms with van der Waals surface area (Å²) >= 11 is 0. The van der Waals surface area contributed by atoms with Crippen LogP contribution in [-0.4, -0.2) is 33.4 Å². The fraction of sp³-hybridized carbons (Fsp3) is 0.103. The highest BCUT2D eigenvalue weighted by Crippen LogP contribution is 2.32. The van der Waals surface area contributed by atoms with Crippen LogP contribution in [0, 0.1) is 26.2 Å². The average molecular weight is 552 g/mol. The molecule has 11 heteroatoms. The predicted octanol–water partition coefficient (Wildman–Crippen LogP) is 4.56. The third-order valence-corrected chi connectivity index (χ3v) is 6.96. The minimum Gasteiger partial charge on any atom is -0.438 e. The zero-order valence-electron chi connectivity index (χ0n) is 21.7. The number of anilines is 2. The van der Waals surface area contributed by atoms with Crippen LogP contribution in [0.4, 0.5) is 11.6 Å². The van der Waals surface area contributed by atoms with Crippen LogP contribution in [-0.2, 0) is 16.6 Å². The van der Waals surface area contributed by atoms with Crippen molar-refractivity contribution in [1.29, 1.82) is 0 Å². The van der Waals surface area contributed by atoms with Crippen molar-refractivity contribution in [3.63, 3.8) is 0 Å². The average Bonchev–Trinajstić information content (AvgIpc) is 3.40. The number of ether oxygens (including phenoxy) is 1. The Balaban J connectivity index is 1.30. The largest absolute Gasteiger partial charge is 0.438 e. The Morgan fingerprint density at radius 2 is 1.73 bits per heavy atom. The molecule has 0 aliphatic heterocycles. The van der Waals surface area contributed by atoms with E-state index in [-0.39, 0.29) is 4.90 Å². The summed E-state index contributed by atoms with van der Waals surface area (Å²) in [6, 6.07) is 19.4. The number of nitrogens with two attached hydrogens (primary N) is 1. The minimum absolute atomic E-state index is 0.0635. The molecule has 0 spiro atoms. The lowest BCUT2D eigenvalue weighted by Gasteiger charge is -2.13. The number of hydrogen-bond donors (Lipinski definition) is 2. The summed E-state index contributed by atoms with van der Waals surface area (Å²) in [6.07, 6.45) is 8.88. The smallest absolute Gasteiger partial charge is 0.238 e. The molecule has 40 heavy (non-hydrogen) atoms. The first-order valence-electron chi connectivity index (χ1n) is 12.2. The number of benzene rings is 3. The maximum Gasteiger partial charge on any atom is 0.238 e. The number of nitrogens with zero attached hydrogens (tertiary/aromatic N) is 5. The molecule has 0 aliphatic carbocycles. The van der Waals surface area contributed by atoms with E-state index in [1.807, 2.05) is 56.4 Å². The lowest BCUT2D eigenvalue weighted by Crippen LogP contribution is -2.12. The molecule has 10 nitrogen and oxygen atoms in total. The number of nitrogens with one attached hydrogen (secondary N) is 1. The van der Waals surface area contributed by atoms with Crippen molar-refractivity contribution in [1.82, 2.24) is 25.0 Å². The lowest BCUT2D eigenvalue weighted by molar-refractivity contribution is 0.455. The van der Waals surface area contributed by atoms with Gasteiger partial charge in [0.15, 0.2) is 0 Å². The van der Waals surface area contributed by atoms with Gasteiger partial charge in [-0.05, 0) is 79.1 Å². The zero-order chi connectivity index (χ0) is 28.3. The first-order chi connectivity index (χ1) is 19.2. The Labute approximate surface area is 231 Å². The van der Waals surface area contributed by atoms with Gasteiger partial charge in [-0.2, -0.15) is 4.98 Å². The molecule has 0 radical (unpaired) electrons. The van der Waals surface area contributed by atoms with Gasteiger partial charge in [0.25, 0.3) is 0 Å². The first kappa shape index (κ1) is 26.6. The Hall–Kier alpha value is -5.05. The van der Waals surface area contributed by atoms with Crippen LogP contribution in [0.2, 0.25) is 0 Å². The Morgan fingerprint density at radius 3 is 2.38 bits per heavy atom. The molecule has 0 fully saturated rings. The molecule has 0 aliphatic rings. The third kappa shape index (κ3) is 6.15. The van der Waals surface area contributed by atoms with Crippen molar-refractivity contribution in [2.75, 3.05) is 5.32 Å². The maximum atomic E-state index is 11.5. The molecule has 0 bridgehead atoms. The van der Waals surface area contributed by atoms with Gasteiger partial charge in [0.05, 0.1) is 17.6 Å². The second-order valence-electron chi connectivity index (χ2n) is 9.10. The van der Waals surface area contributed by atoms with Crippen LogP contribution < -0.4 is 15.2 Å². The monoisotopic (exact) mass is 551 g/mol. The van der Waals surface area contributed by atoms with E-state index >= 15 is 0 Å². The molecule has 3 aromatic carbocycles. The molecule has 0 saturated heterocycles. The number of hydrogen-bond acceptors (Lipinski definition) is 8. The second kappa shape index (κ2) is 11.0. The zero-order valence-corrected chi connectivity index (χ0v) is 22.6. The van der Waals surface area contributed by atoms with Crippen molar-refractivity contribution in [2.24, 2.45) is 5.14 Å². The summed E-state index contributed by atoms with van der Waals surface area (Å²) in [7, 11) is -3.73. The summed E-state index contributed by atoms with van der Waals surface area (Å²) in [5.41, 5.74) is 5.85. The van der Waals surface area contributed by atoms with Crippen LogP contribution >= 0.6 is 0 Å². The number of rotatable bonds is 8. The van der Waals surface area contributed by atoms with Crippen molar-refractivity contribution in [3.05, 3.63) is 101 Å². The summed E-state index contributed by atoms with van der Waals surface area (Å²) in [5, 5.41) is 16.9. The maximum absolute atomic E-state index is 11.5. The molecule has 5 rings (SSSR count). The summed E-state index contributed by atoms with van der Waals surface area (Å²) in [6.45, 7) is 4.34.